The minimum Gasteiger partial charge on any atom is -0.447 e. The highest BCUT2D eigenvalue weighted by molar-refractivity contribution is 14.1. The Bertz CT molecular complexity index is 1190. The van der Waals surface area contributed by atoms with Crippen molar-refractivity contribution in [3.05, 3.63) is 75.0 Å². The van der Waals surface area contributed by atoms with Gasteiger partial charge in [0.1, 0.15) is 6.61 Å². The Hall–Kier alpha value is -2.52. The van der Waals surface area contributed by atoms with E-state index in [1.807, 2.05) is 82.3 Å². The van der Waals surface area contributed by atoms with E-state index in [0.717, 1.165) is 20.0 Å². The van der Waals surface area contributed by atoms with Crippen LogP contribution in [-0.4, -0.2) is 40.1 Å². The number of pyridine rings is 1. The van der Waals surface area contributed by atoms with Crippen LogP contribution in [0.3, 0.4) is 0 Å². The van der Waals surface area contributed by atoms with Gasteiger partial charge in [-0.05, 0) is 68.3 Å². The average Bonchev–Trinajstić information content (AvgIpc) is 3.12. The van der Waals surface area contributed by atoms with Crippen molar-refractivity contribution in [3.8, 4) is 0 Å². The molecule has 3 aromatic rings. The van der Waals surface area contributed by atoms with Gasteiger partial charge in [0.2, 0.25) is 0 Å². The Morgan fingerprint density at radius 3 is 2.55 bits per heavy atom. The zero-order valence-electron chi connectivity index (χ0n) is 19.2. The number of fused-ring (bicyclic) bond motifs is 1. The normalized spacial score (nSPS) is 17.3. The lowest BCUT2D eigenvalue weighted by Gasteiger charge is -2.31. The fourth-order valence-electron chi connectivity index (χ4n) is 4.09. The number of hydrogen-bond donors (Lipinski definition) is 0. The SMILES string of the molecule is Cc1nc2ccccc2c(I)c1[C@H](OC(C)(C)C)C(=O)N1C(=O)OC[C@H]1Cc1ccccc1. The van der Waals surface area contributed by atoms with Gasteiger partial charge in [0.25, 0.3) is 5.91 Å². The Labute approximate surface area is 207 Å². The number of nitrogens with zero attached hydrogens (tertiary/aromatic N) is 2. The number of rotatable bonds is 5. The summed E-state index contributed by atoms with van der Waals surface area (Å²) in [6, 6.07) is 17.2. The number of cyclic esters (lactones) is 1. The summed E-state index contributed by atoms with van der Waals surface area (Å²) in [6.45, 7) is 7.73. The molecule has 2 aromatic carbocycles. The highest BCUT2D eigenvalue weighted by Crippen LogP contribution is 2.36. The maximum atomic E-state index is 13.9. The van der Waals surface area contributed by atoms with Crippen LogP contribution in [0.4, 0.5) is 4.79 Å². The smallest absolute Gasteiger partial charge is 0.417 e. The number of para-hydroxylation sites is 1. The van der Waals surface area contributed by atoms with Crippen molar-refractivity contribution in [1.29, 1.82) is 0 Å². The molecule has 1 aliphatic rings. The molecule has 0 N–H and O–H groups in total. The predicted octanol–water partition coefficient (Wildman–Crippen LogP) is 5.59. The molecule has 172 valence electrons. The number of carbonyl (C=O) groups excluding carboxylic acids is 2. The molecule has 1 aliphatic heterocycles. The molecule has 1 aromatic heterocycles. The molecule has 2 atom stereocenters. The van der Waals surface area contributed by atoms with Crippen molar-refractivity contribution in [2.24, 2.45) is 0 Å². The van der Waals surface area contributed by atoms with Crippen LogP contribution in [0.2, 0.25) is 0 Å². The first-order chi connectivity index (χ1) is 15.7. The maximum Gasteiger partial charge on any atom is 0.417 e. The second-order valence-electron chi connectivity index (χ2n) is 9.18. The minimum atomic E-state index is -0.988. The van der Waals surface area contributed by atoms with Gasteiger partial charge in [-0.1, -0.05) is 48.5 Å². The molecular formula is C26H27IN2O4. The largest absolute Gasteiger partial charge is 0.447 e. The molecule has 1 saturated heterocycles. The zero-order valence-corrected chi connectivity index (χ0v) is 21.3. The first kappa shape index (κ1) is 23.6. The molecule has 0 spiro atoms. The molecule has 4 rings (SSSR count). The molecule has 7 heteroatoms. The van der Waals surface area contributed by atoms with E-state index in [-0.39, 0.29) is 6.61 Å². The number of imide groups is 1. The lowest BCUT2D eigenvalue weighted by molar-refractivity contribution is -0.152. The molecule has 0 saturated carbocycles. The summed E-state index contributed by atoms with van der Waals surface area (Å²) in [5.41, 5.74) is 2.65. The summed E-state index contributed by atoms with van der Waals surface area (Å²) in [7, 11) is 0. The first-order valence-electron chi connectivity index (χ1n) is 10.9. The molecule has 0 bridgehead atoms. The Morgan fingerprint density at radius 2 is 1.85 bits per heavy atom. The highest BCUT2D eigenvalue weighted by atomic mass is 127. The highest BCUT2D eigenvalue weighted by Gasteiger charge is 2.44. The quantitative estimate of drug-likeness (QED) is 0.382. The van der Waals surface area contributed by atoms with E-state index in [4.69, 9.17) is 14.5 Å². The average molecular weight is 558 g/mol. The van der Waals surface area contributed by atoms with Crippen LogP contribution in [0, 0.1) is 10.5 Å². The van der Waals surface area contributed by atoms with Crippen LogP contribution in [0.25, 0.3) is 10.9 Å². The molecular weight excluding hydrogens is 531 g/mol. The van der Waals surface area contributed by atoms with E-state index < -0.39 is 29.7 Å². The third-order valence-electron chi connectivity index (χ3n) is 5.53. The molecule has 1 fully saturated rings. The fraction of sp³-hybridized carbons (Fsp3) is 0.346. The van der Waals surface area contributed by atoms with E-state index in [9.17, 15) is 9.59 Å². The number of aromatic nitrogens is 1. The van der Waals surface area contributed by atoms with Crippen molar-refractivity contribution in [2.45, 2.75) is 51.9 Å². The number of amides is 2. The van der Waals surface area contributed by atoms with Gasteiger partial charge in [-0.15, -0.1) is 0 Å². The van der Waals surface area contributed by atoms with Crippen LogP contribution in [0.1, 0.15) is 43.7 Å². The minimum absolute atomic E-state index is 0.160. The molecule has 0 aliphatic carbocycles. The Kier molecular flexibility index (Phi) is 6.72. The first-order valence-corrected chi connectivity index (χ1v) is 12.0. The van der Waals surface area contributed by atoms with Crippen molar-refractivity contribution in [3.63, 3.8) is 0 Å². The van der Waals surface area contributed by atoms with Crippen molar-refractivity contribution in [1.82, 2.24) is 9.88 Å². The van der Waals surface area contributed by atoms with E-state index in [0.29, 0.717) is 17.7 Å². The topological polar surface area (TPSA) is 68.7 Å². The number of benzene rings is 2. The number of carbonyl (C=O) groups is 2. The number of halogens is 1. The molecule has 2 amide bonds. The third-order valence-corrected chi connectivity index (χ3v) is 6.69. The lowest BCUT2D eigenvalue weighted by atomic mass is 10.0. The van der Waals surface area contributed by atoms with Gasteiger partial charge in [0, 0.05) is 20.2 Å². The second kappa shape index (κ2) is 9.38. The molecule has 6 nitrogen and oxygen atoms in total. The molecule has 0 radical (unpaired) electrons. The lowest BCUT2D eigenvalue weighted by Crippen LogP contribution is -2.45. The number of aryl methyl sites for hydroxylation is 1. The van der Waals surface area contributed by atoms with Gasteiger partial charge in [-0.2, -0.15) is 0 Å². The Morgan fingerprint density at radius 1 is 1.18 bits per heavy atom. The summed E-state index contributed by atoms with van der Waals surface area (Å²) in [5, 5.41) is 0.943. The van der Waals surface area contributed by atoms with Gasteiger partial charge in [-0.25, -0.2) is 9.69 Å². The predicted molar refractivity (Wildman–Crippen MR) is 135 cm³/mol. The van der Waals surface area contributed by atoms with Gasteiger partial charge in [0.15, 0.2) is 6.10 Å². The van der Waals surface area contributed by atoms with Crippen LogP contribution < -0.4 is 0 Å². The number of hydrogen-bond acceptors (Lipinski definition) is 5. The van der Waals surface area contributed by atoms with E-state index in [2.05, 4.69) is 22.6 Å². The van der Waals surface area contributed by atoms with E-state index in [1.54, 1.807) is 0 Å². The standard InChI is InChI=1S/C26H27IN2O4/c1-16-21(22(27)19-12-8-9-13-20(19)28-16)23(33-26(2,3)4)24(30)29-18(15-32-25(29)31)14-17-10-6-5-7-11-17/h5-13,18,23H,14-15H2,1-4H3/t18-,23+/m1/s1. The summed E-state index contributed by atoms with van der Waals surface area (Å²) in [5.74, 6) is -0.425. The van der Waals surface area contributed by atoms with Crippen LogP contribution >= 0.6 is 22.6 Å². The summed E-state index contributed by atoms with van der Waals surface area (Å²) >= 11 is 2.25. The van der Waals surface area contributed by atoms with E-state index in [1.165, 1.54) is 4.90 Å². The second-order valence-corrected chi connectivity index (χ2v) is 10.3. The van der Waals surface area contributed by atoms with Crippen LogP contribution in [-0.2, 0) is 20.7 Å². The van der Waals surface area contributed by atoms with Crippen molar-refractivity contribution >= 4 is 45.5 Å². The van der Waals surface area contributed by atoms with Crippen molar-refractivity contribution < 1.29 is 19.1 Å². The molecule has 33 heavy (non-hydrogen) atoms. The Balaban J connectivity index is 1.76. The maximum absolute atomic E-state index is 13.9. The summed E-state index contributed by atoms with van der Waals surface area (Å²) < 4.78 is 12.5. The van der Waals surface area contributed by atoms with E-state index >= 15 is 0 Å². The molecule has 0 unspecified atom stereocenters. The monoisotopic (exact) mass is 558 g/mol. The number of ether oxygens (including phenoxy) is 2. The third kappa shape index (κ3) is 5.04. The van der Waals surface area contributed by atoms with Crippen molar-refractivity contribution in [2.75, 3.05) is 6.61 Å². The van der Waals surface area contributed by atoms with Gasteiger partial charge in [0.05, 0.1) is 17.2 Å². The summed E-state index contributed by atoms with van der Waals surface area (Å²) in [6.07, 6.45) is -1.10. The van der Waals surface area contributed by atoms with Crippen LogP contribution in [0.15, 0.2) is 54.6 Å². The summed E-state index contributed by atoms with van der Waals surface area (Å²) in [4.78, 5) is 32.6. The fourth-order valence-corrected chi connectivity index (χ4v) is 5.22. The van der Waals surface area contributed by atoms with Gasteiger partial charge < -0.3 is 9.47 Å². The van der Waals surface area contributed by atoms with Gasteiger partial charge >= 0.3 is 6.09 Å². The van der Waals surface area contributed by atoms with Crippen LogP contribution in [0.5, 0.6) is 0 Å². The van der Waals surface area contributed by atoms with Gasteiger partial charge in [-0.3, -0.25) is 9.78 Å². The molecule has 2 heterocycles. The zero-order chi connectivity index (χ0) is 23.8.